The fourth-order valence-electron chi connectivity index (χ4n) is 3.59. The lowest BCUT2D eigenvalue weighted by molar-refractivity contribution is 0.317. The highest BCUT2D eigenvalue weighted by Gasteiger charge is 2.18. The summed E-state index contributed by atoms with van der Waals surface area (Å²) >= 11 is 2.79. The van der Waals surface area contributed by atoms with Gasteiger partial charge in [0.2, 0.25) is 5.78 Å². The van der Waals surface area contributed by atoms with Gasteiger partial charge in [0.15, 0.2) is 5.16 Å². The fourth-order valence-corrected chi connectivity index (χ4v) is 5.34. The van der Waals surface area contributed by atoms with Gasteiger partial charge in [0.1, 0.15) is 16.3 Å². The molecule has 5 aromatic rings. The Morgan fingerprint density at radius 3 is 2.70 bits per heavy atom. The summed E-state index contributed by atoms with van der Waals surface area (Å²) in [6, 6.07) is 16.3. The van der Waals surface area contributed by atoms with E-state index >= 15 is 0 Å². The number of rotatable bonds is 8. The van der Waals surface area contributed by atoms with Gasteiger partial charge >= 0.3 is 0 Å². The summed E-state index contributed by atoms with van der Waals surface area (Å²) in [6.45, 7) is 3.09. The third-order valence-corrected chi connectivity index (χ3v) is 7.10. The van der Waals surface area contributed by atoms with Gasteiger partial charge in [-0.3, -0.25) is 13.8 Å². The SMILES string of the molecule is CCCOc1ccc(Cn2c(=O)c3sccc3n3c(SCc4ccccc4F)nnc23)cc1. The van der Waals surface area contributed by atoms with Gasteiger partial charge in [0.05, 0.1) is 18.7 Å². The molecule has 168 valence electrons. The second-order valence-electron chi connectivity index (χ2n) is 7.52. The first-order chi connectivity index (χ1) is 16.2. The molecule has 0 fully saturated rings. The van der Waals surface area contributed by atoms with Crippen LogP contribution in [0, 0.1) is 5.82 Å². The van der Waals surface area contributed by atoms with Crippen LogP contribution in [0.1, 0.15) is 24.5 Å². The summed E-state index contributed by atoms with van der Waals surface area (Å²) in [5.41, 5.74) is 2.22. The molecule has 0 aliphatic heterocycles. The number of halogens is 1. The van der Waals surface area contributed by atoms with E-state index in [1.165, 1.54) is 29.2 Å². The van der Waals surface area contributed by atoms with E-state index in [-0.39, 0.29) is 11.4 Å². The molecule has 0 aliphatic rings. The lowest BCUT2D eigenvalue weighted by Gasteiger charge is -2.10. The van der Waals surface area contributed by atoms with Crippen LogP contribution in [-0.2, 0) is 12.3 Å². The zero-order chi connectivity index (χ0) is 22.8. The van der Waals surface area contributed by atoms with Crippen LogP contribution in [-0.4, -0.2) is 25.8 Å². The number of nitrogens with zero attached hydrogens (tertiary/aromatic N) is 4. The predicted octanol–water partition coefficient (Wildman–Crippen LogP) is 5.37. The third-order valence-electron chi connectivity index (χ3n) is 5.23. The predicted molar refractivity (Wildman–Crippen MR) is 130 cm³/mol. The number of benzene rings is 2. The van der Waals surface area contributed by atoms with Gasteiger partial charge in [-0.15, -0.1) is 21.5 Å². The van der Waals surface area contributed by atoms with Gasteiger partial charge in [-0.2, -0.15) is 0 Å². The number of aromatic nitrogens is 4. The van der Waals surface area contributed by atoms with E-state index in [1.807, 2.05) is 46.2 Å². The number of thioether (sulfide) groups is 1. The number of hydrogen-bond acceptors (Lipinski definition) is 6. The highest BCUT2D eigenvalue weighted by atomic mass is 32.2. The molecule has 0 amide bonds. The van der Waals surface area contributed by atoms with E-state index in [4.69, 9.17) is 4.74 Å². The highest BCUT2D eigenvalue weighted by molar-refractivity contribution is 7.98. The van der Waals surface area contributed by atoms with Gasteiger partial charge in [-0.1, -0.05) is 49.0 Å². The van der Waals surface area contributed by atoms with Crippen molar-refractivity contribution in [1.82, 2.24) is 19.2 Å². The number of hydrogen-bond donors (Lipinski definition) is 0. The molecule has 0 bridgehead atoms. The van der Waals surface area contributed by atoms with E-state index in [2.05, 4.69) is 17.1 Å². The third kappa shape index (κ3) is 4.26. The molecule has 9 heteroatoms. The molecule has 0 aliphatic carbocycles. The van der Waals surface area contributed by atoms with Gasteiger partial charge in [0, 0.05) is 5.75 Å². The Balaban J connectivity index is 1.52. The summed E-state index contributed by atoms with van der Waals surface area (Å²) in [7, 11) is 0. The molecule has 0 spiro atoms. The van der Waals surface area contributed by atoms with E-state index in [1.54, 1.807) is 16.7 Å². The molecular formula is C24H21FN4O2S2. The fraction of sp³-hybridized carbons (Fsp3) is 0.208. The van der Waals surface area contributed by atoms with Crippen molar-refractivity contribution in [1.29, 1.82) is 0 Å². The van der Waals surface area contributed by atoms with Crippen LogP contribution < -0.4 is 10.3 Å². The molecular weight excluding hydrogens is 459 g/mol. The summed E-state index contributed by atoms with van der Waals surface area (Å²) in [4.78, 5) is 13.3. The lowest BCUT2D eigenvalue weighted by Crippen LogP contribution is -2.23. The van der Waals surface area contributed by atoms with Crippen molar-refractivity contribution in [3.63, 3.8) is 0 Å². The van der Waals surface area contributed by atoms with Gasteiger partial charge < -0.3 is 4.74 Å². The monoisotopic (exact) mass is 480 g/mol. The van der Waals surface area contributed by atoms with E-state index in [9.17, 15) is 9.18 Å². The van der Waals surface area contributed by atoms with Gasteiger partial charge in [-0.25, -0.2) is 4.39 Å². The van der Waals surface area contributed by atoms with Crippen molar-refractivity contribution in [3.05, 3.63) is 87.3 Å². The first kappa shape index (κ1) is 21.7. The molecule has 0 saturated heterocycles. The van der Waals surface area contributed by atoms with Crippen molar-refractivity contribution < 1.29 is 9.13 Å². The molecule has 3 heterocycles. The maximum atomic E-state index is 14.1. The Kier molecular flexibility index (Phi) is 6.15. The molecule has 0 N–H and O–H groups in total. The quantitative estimate of drug-likeness (QED) is 0.279. The van der Waals surface area contributed by atoms with Crippen LogP contribution in [0.4, 0.5) is 4.39 Å². The van der Waals surface area contributed by atoms with Crippen molar-refractivity contribution >= 4 is 39.1 Å². The van der Waals surface area contributed by atoms with Crippen LogP contribution in [0.15, 0.2) is 69.9 Å². The van der Waals surface area contributed by atoms with Crippen molar-refractivity contribution in [3.8, 4) is 5.75 Å². The Labute approximate surface area is 197 Å². The minimum atomic E-state index is -0.247. The maximum Gasteiger partial charge on any atom is 0.273 e. The largest absolute Gasteiger partial charge is 0.494 e. The molecule has 0 radical (unpaired) electrons. The zero-order valence-corrected chi connectivity index (χ0v) is 19.5. The smallest absolute Gasteiger partial charge is 0.273 e. The average molecular weight is 481 g/mol. The number of ether oxygens (including phenoxy) is 1. The molecule has 3 aromatic heterocycles. The Bertz CT molecular complexity index is 1470. The van der Waals surface area contributed by atoms with E-state index in [0.717, 1.165) is 23.3 Å². The van der Waals surface area contributed by atoms with Crippen LogP contribution in [0.25, 0.3) is 16.0 Å². The van der Waals surface area contributed by atoms with Crippen LogP contribution in [0.5, 0.6) is 5.75 Å². The molecule has 5 rings (SSSR count). The molecule has 6 nitrogen and oxygen atoms in total. The molecule has 0 saturated carbocycles. The molecule has 0 unspecified atom stereocenters. The first-order valence-corrected chi connectivity index (χ1v) is 12.5. The van der Waals surface area contributed by atoms with E-state index in [0.29, 0.717) is 40.1 Å². The van der Waals surface area contributed by atoms with Gasteiger partial charge in [-0.05, 0) is 47.2 Å². The second kappa shape index (κ2) is 9.36. The summed E-state index contributed by atoms with van der Waals surface area (Å²) in [5, 5.41) is 11.2. The normalized spacial score (nSPS) is 11.5. The van der Waals surface area contributed by atoms with Crippen molar-refractivity contribution in [2.45, 2.75) is 30.8 Å². The molecule has 33 heavy (non-hydrogen) atoms. The zero-order valence-electron chi connectivity index (χ0n) is 17.9. The van der Waals surface area contributed by atoms with Gasteiger partial charge in [0.25, 0.3) is 5.56 Å². The Morgan fingerprint density at radius 1 is 1.09 bits per heavy atom. The minimum Gasteiger partial charge on any atom is -0.494 e. The van der Waals surface area contributed by atoms with Crippen LogP contribution in [0.2, 0.25) is 0 Å². The summed E-state index contributed by atoms with van der Waals surface area (Å²) < 4.78 is 23.9. The Hall–Kier alpha value is -3.17. The van der Waals surface area contributed by atoms with E-state index < -0.39 is 0 Å². The second-order valence-corrected chi connectivity index (χ2v) is 9.38. The topological polar surface area (TPSA) is 61.4 Å². The van der Waals surface area contributed by atoms with Crippen LogP contribution in [0.3, 0.4) is 0 Å². The maximum absolute atomic E-state index is 14.1. The van der Waals surface area contributed by atoms with Crippen LogP contribution >= 0.6 is 23.1 Å². The van der Waals surface area contributed by atoms with Crippen molar-refractivity contribution in [2.24, 2.45) is 0 Å². The standard InChI is InChI=1S/C24H21FN4O2S2/c1-2-12-31-18-9-7-16(8-10-18)14-28-22(30)21-20(11-13-32-21)29-23(28)26-27-24(29)33-15-17-5-3-4-6-19(17)25/h3-11,13H,2,12,14-15H2,1H3. The molecule has 2 aromatic carbocycles. The number of thiophene rings is 1. The number of fused-ring (bicyclic) bond motifs is 3. The van der Waals surface area contributed by atoms with Crippen molar-refractivity contribution in [2.75, 3.05) is 6.61 Å². The average Bonchev–Trinajstić information content (AvgIpc) is 3.48. The summed E-state index contributed by atoms with van der Waals surface area (Å²) in [5.74, 6) is 1.44. The molecule has 0 atom stereocenters. The minimum absolute atomic E-state index is 0.100. The summed E-state index contributed by atoms with van der Waals surface area (Å²) in [6.07, 6.45) is 0.945. The highest BCUT2D eigenvalue weighted by Crippen LogP contribution is 2.27. The first-order valence-electron chi connectivity index (χ1n) is 10.6. The lowest BCUT2D eigenvalue weighted by atomic mass is 10.2. The Morgan fingerprint density at radius 2 is 1.91 bits per heavy atom.